The Bertz CT molecular complexity index is 717. The number of methoxy groups -OCH3 is 1. The van der Waals surface area contributed by atoms with Gasteiger partial charge < -0.3 is 9.64 Å². The summed E-state index contributed by atoms with van der Waals surface area (Å²) in [7, 11) is 3.19. The molecule has 0 bridgehead atoms. The van der Waals surface area contributed by atoms with Crippen LogP contribution in [0.4, 0.5) is 5.69 Å². The summed E-state index contributed by atoms with van der Waals surface area (Å²) in [5, 5.41) is 9.15. The molecule has 0 aliphatic carbocycles. The van der Waals surface area contributed by atoms with Crippen molar-refractivity contribution >= 4 is 11.6 Å². The van der Waals surface area contributed by atoms with Crippen molar-refractivity contribution in [3.8, 4) is 11.8 Å². The molecule has 0 spiro atoms. The minimum Gasteiger partial charge on any atom is -0.496 e. The Morgan fingerprint density at radius 3 is 2.62 bits per heavy atom. The van der Waals surface area contributed by atoms with Gasteiger partial charge in [-0.3, -0.25) is 4.79 Å². The number of nitrogens with zero attached hydrogens (tertiary/aromatic N) is 2. The predicted molar refractivity (Wildman–Crippen MR) is 81.6 cm³/mol. The highest BCUT2D eigenvalue weighted by Crippen LogP contribution is 2.25. The van der Waals surface area contributed by atoms with Crippen molar-refractivity contribution < 1.29 is 9.53 Å². The molecule has 2 aromatic carbocycles. The van der Waals surface area contributed by atoms with Crippen LogP contribution in [-0.4, -0.2) is 20.1 Å². The number of amides is 1. The maximum Gasteiger partial charge on any atom is 0.261 e. The zero-order valence-electron chi connectivity index (χ0n) is 12.3. The molecule has 0 atom stereocenters. The molecule has 0 heterocycles. The predicted octanol–water partition coefficient (Wildman–Crippen LogP) is 3.15. The maximum absolute atomic E-state index is 12.7. The van der Waals surface area contributed by atoms with Gasteiger partial charge in [-0.1, -0.05) is 23.8 Å². The van der Waals surface area contributed by atoms with E-state index in [4.69, 9.17) is 10.00 Å². The molecule has 4 nitrogen and oxygen atoms in total. The number of nitriles is 1. The number of ether oxygens (including phenoxy) is 1. The van der Waals surface area contributed by atoms with Crippen molar-refractivity contribution in [3.63, 3.8) is 0 Å². The molecule has 0 fully saturated rings. The monoisotopic (exact) mass is 280 g/mol. The summed E-state index contributed by atoms with van der Waals surface area (Å²) in [5.41, 5.74) is 2.49. The molecule has 0 aromatic heterocycles. The second kappa shape index (κ2) is 6.10. The quantitative estimate of drug-likeness (QED) is 0.867. The zero-order chi connectivity index (χ0) is 15.4. The standard InChI is InChI=1S/C17H16N2O2/c1-12-8-9-16(21-3)14(10-12)17(20)19(2)15-7-5-4-6-13(15)11-18/h4-10H,1-3H3. The Morgan fingerprint density at radius 1 is 1.24 bits per heavy atom. The van der Waals surface area contributed by atoms with Crippen molar-refractivity contribution in [1.82, 2.24) is 0 Å². The average molecular weight is 280 g/mol. The Labute approximate surface area is 124 Å². The van der Waals surface area contributed by atoms with E-state index in [-0.39, 0.29) is 5.91 Å². The van der Waals surface area contributed by atoms with E-state index < -0.39 is 0 Å². The highest BCUT2D eigenvalue weighted by atomic mass is 16.5. The highest BCUT2D eigenvalue weighted by Gasteiger charge is 2.19. The molecular formula is C17H16N2O2. The van der Waals surface area contributed by atoms with Crippen LogP contribution in [0.25, 0.3) is 0 Å². The molecule has 2 rings (SSSR count). The number of carbonyl (C=O) groups is 1. The van der Waals surface area contributed by atoms with Crippen molar-refractivity contribution in [2.24, 2.45) is 0 Å². The molecular weight excluding hydrogens is 264 g/mol. The fraction of sp³-hybridized carbons (Fsp3) is 0.176. The second-order valence-electron chi connectivity index (χ2n) is 4.70. The van der Waals surface area contributed by atoms with Gasteiger partial charge in [-0.2, -0.15) is 5.26 Å². The van der Waals surface area contributed by atoms with Gasteiger partial charge in [-0.25, -0.2) is 0 Å². The molecule has 4 heteroatoms. The summed E-state index contributed by atoms with van der Waals surface area (Å²) < 4.78 is 5.25. The highest BCUT2D eigenvalue weighted by molar-refractivity contribution is 6.08. The lowest BCUT2D eigenvalue weighted by molar-refractivity contribution is 0.0990. The van der Waals surface area contributed by atoms with Gasteiger partial charge in [0, 0.05) is 7.05 Å². The Kier molecular flexibility index (Phi) is 4.24. The first kappa shape index (κ1) is 14.6. The first-order valence-electron chi connectivity index (χ1n) is 6.50. The van der Waals surface area contributed by atoms with E-state index in [2.05, 4.69) is 6.07 Å². The van der Waals surface area contributed by atoms with Crippen LogP contribution in [0.3, 0.4) is 0 Å². The fourth-order valence-electron chi connectivity index (χ4n) is 2.14. The molecule has 0 aliphatic rings. The smallest absolute Gasteiger partial charge is 0.261 e. The van der Waals surface area contributed by atoms with E-state index in [1.807, 2.05) is 13.0 Å². The van der Waals surface area contributed by atoms with Gasteiger partial charge in [0.1, 0.15) is 11.8 Å². The average Bonchev–Trinajstić information content (AvgIpc) is 2.53. The largest absolute Gasteiger partial charge is 0.496 e. The summed E-state index contributed by atoms with van der Waals surface area (Å²) in [4.78, 5) is 14.1. The molecule has 21 heavy (non-hydrogen) atoms. The first-order chi connectivity index (χ1) is 10.1. The van der Waals surface area contributed by atoms with Crippen molar-refractivity contribution in [2.45, 2.75) is 6.92 Å². The number of benzene rings is 2. The Morgan fingerprint density at radius 2 is 1.95 bits per heavy atom. The van der Waals surface area contributed by atoms with Gasteiger partial charge in [0.05, 0.1) is 23.9 Å². The summed E-state index contributed by atoms with van der Waals surface area (Å²) >= 11 is 0. The summed E-state index contributed by atoms with van der Waals surface area (Å²) in [6.45, 7) is 1.92. The number of anilines is 1. The van der Waals surface area contributed by atoms with Crippen molar-refractivity contribution in [2.75, 3.05) is 19.1 Å². The van der Waals surface area contributed by atoms with E-state index >= 15 is 0 Å². The van der Waals surface area contributed by atoms with Gasteiger partial charge >= 0.3 is 0 Å². The van der Waals surface area contributed by atoms with E-state index in [9.17, 15) is 4.79 Å². The van der Waals surface area contributed by atoms with Crippen LogP contribution in [0.2, 0.25) is 0 Å². The molecule has 106 valence electrons. The zero-order valence-corrected chi connectivity index (χ0v) is 12.3. The molecule has 0 N–H and O–H groups in total. The van der Waals surface area contributed by atoms with E-state index in [0.29, 0.717) is 22.6 Å². The van der Waals surface area contributed by atoms with Crippen LogP contribution in [-0.2, 0) is 0 Å². The van der Waals surface area contributed by atoms with E-state index in [1.54, 1.807) is 43.4 Å². The SMILES string of the molecule is COc1ccc(C)cc1C(=O)N(C)c1ccccc1C#N. The molecule has 0 unspecified atom stereocenters. The molecule has 2 aromatic rings. The normalized spacial score (nSPS) is 9.81. The van der Waals surface area contributed by atoms with E-state index in [1.165, 1.54) is 12.0 Å². The molecule has 0 radical (unpaired) electrons. The lowest BCUT2D eigenvalue weighted by Gasteiger charge is -2.20. The van der Waals surface area contributed by atoms with E-state index in [0.717, 1.165) is 5.56 Å². The van der Waals surface area contributed by atoms with Gasteiger partial charge in [-0.05, 0) is 31.2 Å². The van der Waals surface area contributed by atoms with Gasteiger partial charge in [0.25, 0.3) is 5.91 Å². The van der Waals surface area contributed by atoms with Crippen LogP contribution in [0, 0.1) is 18.3 Å². The number of rotatable bonds is 3. The number of hydrogen-bond acceptors (Lipinski definition) is 3. The molecule has 0 saturated carbocycles. The molecule has 0 saturated heterocycles. The van der Waals surface area contributed by atoms with Crippen LogP contribution in [0.15, 0.2) is 42.5 Å². The number of aryl methyl sites for hydroxylation is 1. The lowest BCUT2D eigenvalue weighted by atomic mass is 10.1. The van der Waals surface area contributed by atoms with Crippen LogP contribution in [0.1, 0.15) is 21.5 Å². The van der Waals surface area contributed by atoms with Crippen molar-refractivity contribution in [3.05, 3.63) is 59.2 Å². The van der Waals surface area contributed by atoms with Crippen LogP contribution in [0.5, 0.6) is 5.75 Å². The van der Waals surface area contributed by atoms with Gasteiger partial charge in [0.15, 0.2) is 0 Å². The number of hydrogen-bond donors (Lipinski definition) is 0. The third kappa shape index (κ3) is 2.87. The fourth-order valence-corrected chi connectivity index (χ4v) is 2.14. The van der Waals surface area contributed by atoms with Crippen molar-refractivity contribution in [1.29, 1.82) is 5.26 Å². The minimum absolute atomic E-state index is 0.210. The molecule has 1 amide bonds. The summed E-state index contributed by atoms with van der Waals surface area (Å²) in [6, 6.07) is 14.5. The van der Waals surface area contributed by atoms with Gasteiger partial charge in [-0.15, -0.1) is 0 Å². The van der Waals surface area contributed by atoms with Crippen LogP contribution >= 0.6 is 0 Å². The minimum atomic E-state index is -0.210. The summed E-state index contributed by atoms with van der Waals surface area (Å²) in [5.74, 6) is 0.310. The third-order valence-corrected chi connectivity index (χ3v) is 3.28. The van der Waals surface area contributed by atoms with Crippen LogP contribution < -0.4 is 9.64 Å². The number of carbonyl (C=O) groups excluding carboxylic acids is 1. The maximum atomic E-state index is 12.7. The lowest BCUT2D eigenvalue weighted by Crippen LogP contribution is -2.27. The molecule has 0 aliphatic heterocycles. The Hall–Kier alpha value is -2.80. The second-order valence-corrected chi connectivity index (χ2v) is 4.70. The topological polar surface area (TPSA) is 53.3 Å². The third-order valence-electron chi connectivity index (χ3n) is 3.28. The number of para-hydroxylation sites is 1. The Balaban J connectivity index is 2.45. The first-order valence-corrected chi connectivity index (χ1v) is 6.50. The van der Waals surface area contributed by atoms with Gasteiger partial charge in [0.2, 0.25) is 0 Å². The summed E-state index contributed by atoms with van der Waals surface area (Å²) in [6.07, 6.45) is 0.